The Bertz CT molecular complexity index is 1210. The highest BCUT2D eigenvalue weighted by Crippen LogP contribution is 2.30. The molecule has 2 aromatic carbocycles. The van der Waals surface area contributed by atoms with E-state index >= 15 is 0 Å². The molecule has 0 amide bonds. The molecular weight excluding hydrogens is 451 g/mol. The van der Waals surface area contributed by atoms with Gasteiger partial charge in [0.1, 0.15) is 6.04 Å². The maximum atomic E-state index is 12.7. The molecule has 0 aliphatic rings. The molecule has 1 aromatic heterocycles. The number of hydrogen-bond donors (Lipinski definition) is 2. The van der Waals surface area contributed by atoms with E-state index < -0.39 is 39.7 Å². The monoisotopic (exact) mass is 469 g/mol. The van der Waals surface area contributed by atoms with E-state index in [1.165, 1.54) is 36.4 Å². The lowest BCUT2D eigenvalue weighted by Gasteiger charge is -2.18. The van der Waals surface area contributed by atoms with E-state index in [1.807, 2.05) is 0 Å². The van der Waals surface area contributed by atoms with Gasteiger partial charge in [0.05, 0.1) is 16.1 Å². The fourth-order valence-corrected chi connectivity index (χ4v) is 4.05. The van der Waals surface area contributed by atoms with E-state index in [0.29, 0.717) is 11.3 Å². The number of nitrogens with zero attached hydrogens (tertiary/aromatic N) is 4. The number of sulfonamides is 1. The topological polar surface area (TPSA) is 127 Å². The Morgan fingerprint density at radius 3 is 2.16 bits per heavy atom. The molecule has 0 radical (unpaired) electrons. The standard InChI is InChI=1S/C19H18F3N5O4S/c1-11(2)16(18(28)29)25-32(30,31)15-9-7-14(8-10-15)27-24-17(23-26-27)12-3-5-13(6-4-12)19(20,21)22/h3-11,16,25H,1-2H3,(H,28,29)/t16-/m1/s1. The molecule has 9 nitrogen and oxygen atoms in total. The lowest BCUT2D eigenvalue weighted by Crippen LogP contribution is -2.44. The van der Waals surface area contributed by atoms with Crippen molar-refractivity contribution < 1.29 is 31.5 Å². The van der Waals surface area contributed by atoms with Crippen LogP contribution >= 0.6 is 0 Å². The summed E-state index contributed by atoms with van der Waals surface area (Å²) in [6.45, 7) is 3.16. The maximum absolute atomic E-state index is 12.7. The van der Waals surface area contributed by atoms with Crippen LogP contribution in [0.25, 0.3) is 17.1 Å². The van der Waals surface area contributed by atoms with Crippen LogP contribution in [0.15, 0.2) is 53.4 Å². The number of aromatic nitrogens is 4. The minimum absolute atomic E-state index is 0.0818. The van der Waals surface area contributed by atoms with Crippen LogP contribution in [-0.4, -0.2) is 45.7 Å². The van der Waals surface area contributed by atoms with Gasteiger partial charge >= 0.3 is 12.1 Å². The van der Waals surface area contributed by atoms with Gasteiger partial charge in [0, 0.05) is 5.56 Å². The van der Waals surface area contributed by atoms with Gasteiger partial charge in [0.2, 0.25) is 15.8 Å². The molecule has 13 heteroatoms. The summed E-state index contributed by atoms with van der Waals surface area (Å²) in [5.41, 5.74) is -0.143. The Morgan fingerprint density at radius 1 is 1.06 bits per heavy atom. The minimum Gasteiger partial charge on any atom is -0.480 e. The van der Waals surface area contributed by atoms with Gasteiger partial charge in [0.25, 0.3) is 0 Å². The van der Waals surface area contributed by atoms with Crippen LogP contribution in [0, 0.1) is 5.92 Å². The third-order valence-electron chi connectivity index (χ3n) is 4.48. The second-order valence-electron chi connectivity index (χ2n) is 7.15. The molecule has 0 aliphatic heterocycles. The fourth-order valence-electron chi connectivity index (χ4n) is 2.71. The molecule has 2 N–H and O–H groups in total. The number of nitrogens with one attached hydrogen (secondary N) is 1. The Balaban J connectivity index is 1.80. The van der Waals surface area contributed by atoms with Crippen molar-refractivity contribution in [1.82, 2.24) is 24.9 Å². The molecule has 0 fully saturated rings. The Labute approximate surface area is 180 Å². The molecule has 1 atom stereocenters. The third kappa shape index (κ3) is 5.11. The lowest BCUT2D eigenvalue weighted by molar-refractivity contribution is -0.140. The Morgan fingerprint density at radius 2 is 1.66 bits per heavy atom. The summed E-state index contributed by atoms with van der Waals surface area (Å²) < 4.78 is 65.2. The van der Waals surface area contributed by atoms with Crippen molar-refractivity contribution in [2.45, 2.75) is 31.0 Å². The molecule has 3 rings (SSSR count). The summed E-state index contributed by atoms with van der Waals surface area (Å²) in [7, 11) is -4.09. The van der Waals surface area contributed by atoms with Gasteiger partial charge in [-0.2, -0.15) is 17.9 Å². The smallest absolute Gasteiger partial charge is 0.416 e. The van der Waals surface area contributed by atoms with Gasteiger partial charge in [-0.25, -0.2) is 8.42 Å². The highest BCUT2D eigenvalue weighted by Gasteiger charge is 2.30. The maximum Gasteiger partial charge on any atom is 0.416 e. The van der Waals surface area contributed by atoms with Crippen LogP contribution in [0.2, 0.25) is 0 Å². The quantitative estimate of drug-likeness (QED) is 0.545. The molecule has 1 heterocycles. The average Bonchev–Trinajstić information content (AvgIpc) is 3.21. The number of alkyl halides is 3. The zero-order valence-electron chi connectivity index (χ0n) is 16.8. The molecule has 0 aliphatic carbocycles. The Hall–Kier alpha value is -3.32. The normalized spacial score (nSPS) is 13.3. The highest BCUT2D eigenvalue weighted by molar-refractivity contribution is 7.89. The van der Waals surface area contributed by atoms with Crippen LogP contribution < -0.4 is 4.72 Å². The SMILES string of the molecule is CC(C)[C@@H](NS(=O)(=O)c1ccc(-n2nnc(-c3ccc(C(F)(F)F)cc3)n2)cc1)C(=O)O. The lowest BCUT2D eigenvalue weighted by atomic mass is 10.1. The van der Waals surface area contributed by atoms with Crippen molar-refractivity contribution in [2.24, 2.45) is 5.92 Å². The van der Waals surface area contributed by atoms with Crippen LogP contribution in [0.5, 0.6) is 0 Å². The molecule has 0 saturated carbocycles. The number of tetrazole rings is 1. The second-order valence-corrected chi connectivity index (χ2v) is 8.87. The van der Waals surface area contributed by atoms with E-state index in [1.54, 1.807) is 13.8 Å². The van der Waals surface area contributed by atoms with Crippen molar-refractivity contribution in [3.05, 3.63) is 54.1 Å². The van der Waals surface area contributed by atoms with E-state index in [2.05, 4.69) is 20.1 Å². The minimum atomic E-state index is -4.46. The fraction of sp³-hybridized carbons (Fsp3) is 0.263. The Kier molecular flexibility index (Phi) is 6.32. The summed E-state index contributed by atoms with van der Waals surface area (Å²) in [5.74, 6) is -1.68. The molecule has 0 unspecified atom stereocenters. The first-order valence-electron chi connectivity index (χ1n) is 9.22. The number of carboxylic acid groups (broad SMARTS) is 1. The van der Waals surface area contributed by atoms with E-state index in [0.717, 1.165) is 16.9 Å². The van der Waals surface area contributed by atoms with Crippen molar-refractivity contribution in [2.75, 3.05) is 0 Å². The van der Waals surface area contributed by atoms with Crippen LogP contribution in [-0.2, 0) is 21.0 Å². The molecular formula is C19H18F3N5O4S. The summed E-state index contributed by atoms with van der Waals surface area (Å²) in [5, 5.41) is 20.9. The summed E-state index contributed by atoms with van der Waals surface area (Å²) in [6, 6.07) is 8.24. The van der Waals surface area contributed by atoms with Crippen molar-refractivity contribution in [3.8, 4) is 17.1 Å². The summed E-state index contributed by atoms with van der Waals surface area (Å²) >= 11 is 0. The largest absolute Gasteiger partial charge is 0.480 e. The van der Waals surface area contributed by atoms with E-state index in [9.17, 15) is 31.5 Å². The molecule has 0 bridgehead atoms. The predicted octanol–water partition coefficient (Wildman–Crippen LogP) is 2.74. The van der Waals surface area contributed by atoms with Gasteiger partial charge in [-0.05, 0) is 47.5 Å². The third-order valence-corrected chi connectivity index (χ3v) is 5.93. The van der Waals surface area contributed by atoms with E-state index in [4.69, 9.17) is 0 Å². The first-order valence-corrected chi connectivity index (χ1v) is 10.7. The summed E-state index contributed by atoms with van der Waals surface area (Å²) in [6.07, 6.45) is -4.46. The predicted molar refractivity (Wildman–Crippen MR) is 106 cm³/mol. The average molecular weight is 469 g/mol. The highest BCUT2D eigenvalue weighted by atomic mass is 32.2. The molecule has 0 spiro atoms. The second kappa shape index (κ2) is 8.67. The van der Waals surface area contributed by atoms with Crippen LogP contribution in [0.4, 0.5) is 13.2 Å². The van der Waals surface area contributed by atoms with Crippen LogP contribution in [0.1, 0.15) is 19.4 Å². The zero-order valence-corrected chi connectivity index (χ0v) is 17.6. The number of benzene rings is 2. The number of rotatable bonds is 7. The number of halogens is 3. The van der Waals surface area contributed by atoms with Crippen molar-refractivity contribution in [3.63, 3.8) is 0 Å². The van der Waals surface area contributed by atoms with Crippen molar-refractivity contribution >= 4 is 16.0 Å². The summed E-state index contributed by atoms with van der Waals surface area (Å²) in [4.78, 5) is 12.2. The molecule has 170 valence electrons. The molecule has 3 aromatic rings. The number of hydrogen-bond acceptors (Lipinski definition) is 6. The zero-order chi connectivity index (χ0) is 23.7. The molecule has 0 saturated heterocycles. The van der Waals surface area contributed by atoms with E-state index in [-0.39, 0.29) is 10.7 Å². The number of aliphatic carboxylic acids is 1. The number of carbonyl (C=O) groups is 1. The van der Waals surface area contributed by atoms with Crippen molar-refractivity contribution in [1.29, 1.82) is 0 Å². The van der Waals surface area contributed by atoms with Gasteiger partial charge in [-0.15, -0.1) is 15.0 Å². The van der Waals surface area contributed by atoms with Gasteiger partial charge in [-0.1, -0.05) is 26.0 Å². The number of carboxylic acids is 1. The van der Waals surface area contributed by atoms with Gasteiger partial charge < -0.3 is 5.11 Å². The molecule has 32 heavy (non-hydrogen) atoms. The van der Waals surface area contributed by atoms with Gasteiger partial charge in [0.15, 0.2) is 0 Å². The first kappa shape index (κ1) is 23.3. The van der Waals surface area contributed by atoms with Gasteiger partial charge in [-0.3, -0.25) is 4.79 Å². The van der Waals surface area contributed by atoms with Crippen LogP contribution in [0.3, 0.4) is 0 Å². The first-order chi connectivity index (χ1) is 14.9.